The highest BCUT2D eigenvalue weighted by molar-refractivity contribution is 7.80. The number of nitrogens with zero attached hydrogens (tertiary/aromatic N) is 2. The molecule has 0 aromatic heterocycles. The molecular formula is C36H37ClN4O2S. The van der Waals surface area contributed by atoms with Crippen molar-refractivity contribution >= 4 is 40.7 Å². The topological polar surface area (TPSA) is 64.7 Å². The molecule has 2 atom stereocenters. The lowest BCUT2D eigenvalue weighted by molar-refractivity contribution is -0.136. The van der Waals surface area contributed by atoms with Gasteiger partial charge in [-0.25, -0.2) is 0 Å². The van der Waals surface area contributed by atoms with Crippen LogP contribution in [0.1, 0.15) is 29.5 Å². The zero-order chi connectivity index (χ0) is 30.9. The molecule has 1 saturated heterocycles. The predicted octanol–water partition coefficient (Wildman–Crippen LogP) is 6.23. The van der Waals surface area contributed by atoms with Crippen LogP contribution in [0.5, 0.6) is 0 Å². The second-order valence-corrected chi connectivity index (χ2v) is 11.9. The predicted molar refractivity (Wildman–Crippen MR) is 181 cm³/mol. The number of carbonyl (C=O) groups excluding carboxylic acids is 2. The van der Waals surface area contributed by atoms with E-state index in [2.05, 4.69) is 34.9 Å². The molecule has 6 nitrogen and oxygen atoms in total. The van der Waals surface area contributed by atoms with Gasteiger partial charge in [-0.1, -0.05) is 115 Å². The molecule has 2 amide bonds. The fourth-order valence-electron chi connectivity index (χ4n) is 5.57. The summed E-state index contributed by atoms with van der Waals surface area (Å²) in [4.78, 5) is 31.2. The summed E-state index contributed by atoms with van der Waals surface area (Å²) in [7, 11) is 1.78. The number of halogens is 1. The second-order valence-electron chi connectivity index (χ2n) is 11.1. The maximum atomic E-state index is 13.8. The van der Waals surface area contributed by atoms with Crippen LogP contribution < -0.4 is 10.6 Å². The van der Waals surface area contributed by atoms with E-state index in [0.29, 0.717) is 42.6 Å². The Morgan fingerprint density at radius 1 is 0.886 bits per heavy atom. The minimum absolute atomic E-state index is 0.140. The molecule has 0 radical (unpaired) electrons. The maximum Gasteiger partial charge on any atom is 0.245 e. The van der Waals surface area contributed by atoms with Crippen molar-refractivity contribution in [3.63, 3.8) is 0 Å². The lowest BCUT2D eigenvalue weighted by Gasteiger charge is -2.30. The molecule has 44 heavy (non-hydrogen) atoms. The molecule has 4 aromatic rings. The summed E-state index contributed by atoms with van der Waals surface area (Å²) in [6.45, 7) is 1.58. The molecule has 0 bridgehead atoms. The molecule has 0 spiro atoms. The number of hydrogen-bond acceptors (Lipinski definition) is 3. The van der Waals surface area contributed by atoms with E-state index in [1.807, 2.05) is 89.8 Å². The van der Waals surface area contributed by atoms with Crippen molar-refractivity contribution in [1.29, 1.82) is 0 Å². The van der Waals surface area contributed by atoms with Crippen molar-refractivity contribution in [2.45, 2.75) is 44.4 Å². The van der Waals surface area contributed by atoms with Crippen molar-refractivity contribution in [2.24, 2.45) is 0 Å². The lowest BCUT2D eigenvalue weighted by Crippen LogP contribution is -2.55. The molecule has 1 aliphatic heterocycles. The third kappa shape index (κ3) is 8.04. The van der Waals surface area contributed by atoms with Gasteiger partial charge in [0.05, 0.1) is 0 Å². The highest BCUT2D eigenvalue weighted by Gasteiger charge is 2.35. The van der Waals surface area contributed by atoms with Crippen LogP contribution in [0, 0.1) is 0 Å². The molecule has 8 heteroatoms. The highest BCUT2D eigenvalue weighted by Crippen LogP contribution is 2.22. The van der Waals surface area contributed by atoms with Crippen LogP contribution in [0.25, 0.3) is 11.1 Å². The van der Waals surface area contributed by atoms with E-state index in [0.717, 1.165) is 34.2 Å². The minimum atomic E-state index is -0.731. The van der Waals surface area contributed by atoms with Gasteiger partial charge < -0.3 is 20.4 Å². The Morgan fingerprint density at radius 3 is 2.23 bits per heavy atom. The fraction of sp³-hybridized carbons (Fsp3) is 0.250. The molecule has 0 saturated carbocycles. The van der Waals surface area contributed by atoms with Gasteiger partial charge in [0, 0.05) is 38.1 Å². The minimum Gasteiger partial charge on any atom is -0.358 e. The smallest absolute Gasteiger partial charge is 0.245 e. The third-order valence-electron chi connectivity index (χ3n) is 7.96. The van der Waals surface area contributed by atoms with Gasteiger partial charge in [0.1, 0.15) is 12.1 Å². The number of thiocarbonyl (C=S) groups is 1. The molecule has 1 fully saturated rings. The van der Waals surface area contributed by atoms with E-state index >= 15 is 0 Å². The lowest BCUT2D eigenvalue weighted by atomic mass is 9.99. The van der Waals surface area contributed by atoms with E-state index in [1.165, 1.54) is 0 Å². The summed E-state index contributed by atoms with van der Waals surface area (Å²) >= 11 is 12.0. The Kier molecular flexibility index (Phi) is 10.6. The number of likely N-dealkylation sites (N-methyl/N-ethyl adjacent to an activating group) is 1. The van der Waals surface area contributed by atoms with Crippen LogP contribution in [0.4, 0.5) is 0 Å². The molecular weight excluding hydrogens is 588 g/mol. The summed E-state index contributed by atoms with van der Waals surface area (Å²) in [5.74, 6) is -0.338. The summed E-state index contributed by atoms with van der Waals surface area (Å²) < 4.78 is 0. The van der Waals surface area contributed by atoms with Crippen LogP contribution in [0.2, 0.25) is 5.02 Å². The van der Waals surface area contributed by atoms with Gasteiger partial charge in [0.2, 0.25) is 11.8 Å². The van der Waals surface area contributed by atoms with Crippen molar-refractivity contribution in [3.8, 4) is 11.1 Å². The number of hydrogen-bond donors (Lipinski definition) is 2. The fourth-order valence-corrected chi connectivity index (χ4v) is 6.06. The van der Waals surface area contributed by atoms with Crippen LogP contribution in [0.3, 0.4) is 0 Å². The van der Waals surface area contributed by atoms with Crippen LogP contribution in [0.15, 0.2) is 109 Å². The van der Waals surface area contributed by atoms with Gasteiger partial charge >= 0.3 is 0 Å². The van der Waals surface area contributed by atoms with Crippen LogP contribution in [-0.4, -0.2) is 52.4 Å². The second kappa shape index (κ2) is 15.0. The molecule has 0 aliphatic carbocycles. The quantitative estimate of drug-likeness (QED) is 0.205. The van der Waals surface area contributed by atoms with E-state index in [4.69, 9.17) is 23.8 Å². The summed E-state index contributed by atoms with van der Waals surface area (Å²) in [6, 6.07) is 34.6. The van der Waals surface area contributed by atoms with Gasteiger partial charge in [-0.2, -0.15) is 0 Å². The van der Waals surface area contributed by atoms with Gasteiger partial charge in [-0.05, 0) is 58.9 Å². The number of rotatable bonds is 10. The molecule has 1 heterocycles. The van der Waals surface area contributed by atoms with Gasteiger partial charge in [0.25, 0.3) is 0 Å². The van der Waals surface area contributed by atoms with E-state index in [9.17, 15) is 9.59 Å². The first-order valence-corrected chi connectivity index (χ1v) is 15.7. The van der Waals surface area contributed by atoms with Crippen LogP contribution >= 0.6 is 23.8 Å². The Hall–Kier alpha value is -4.20. The number of benzene rings is 4. The largest absolute Gasteiger partial charge is 0.358 e. The summed E-state index contributed by atoms with van der Waals surface area (Å²) in [6.07, 6.45) is 1.87. The Balaban J connectivity index is 1.29. The molecule has 5 rings (SSSR count). The third-order valence-corrected chi connectivity index (χ3v) is 8.71. The first-order valence-electron chi connectivity index (χ1n) is 14.9. The Labute approximate surface area is 270 Å². The number of nitrogens with one attached hydrogen (secondary N) is 2. The van der Waals surface area contributed by atoms with Crippen molar-refractivity contribution in [1.82, 2.24) is 20.4 Å². The van der Waals surface area contributed by atoms with E-state index in [-0.39, 0.29) is 11.8 Å². The Bertz CT molecular complexity index is 1570. The summed E-state index contributed by atoms with van der Waals surface area (Å²) in [5.41, 5.74) is 5.15. The van der Waals surface area contributed by atoms with Crippen LogP contribution in [-0.2, 0) is 29.1 Å². The number of likely N-dealkylation sites (tertiary alicyclic amines) is 1. The van der Waals surface area contributed by atoms with Crippen molar-refractivity contribution < 1.29 is 9.59 Å². The molecule has 4 aromatic carbocycles. The van der Waals surface area contributed by atoms with Crippen molar-refractivity contribution in [2.75, 3.05) is 13.6 Å². The normalized spacial score (nSPS) is 15.0. The average molecular weight is 625 g/mol. The molecule has 0 unspecified atom stereocenters. The summed E-state index contributed by atoms with van der Waals surface area (Å²) in [5, 5.41) is 7.54. The zero-order valence-electron chi connectivity index (χ0n) is 24.8. The standard InChI is InChI=1S/C36H37ClN4O2S/c1-40(25-27-11-4-2-5-12-27)35(43)32(23-26-18-20-29(21-19-26)28-13-6-3-7-14-28)39-34(42)33-17-10-22-41(33)36(44)38-24-30-15-8-9-16-31(30)37/h2-9,11-16,18-21,32-33H,10,17,22-25H2,1H3,(H,38,44)(H,39,42)/t32-,33-/m0/s1. The number of carbonyl (C=O) groups is 2. The first kappa shape index (κ1) is 31.2. The van der Waals surface area contributed by atoms with Gasteiger partial charge in [-0.15, -0.1) is 0 Å². The van der Waals surface area contributed by atoms with E-state index < -0.39 is 12.1 Å². The monoisotopic (exact) mass is 624 g/mol. The van der Waals surface area contributed by atoms with E-state index in [1.54, 1.807) is 11.9 Å². The highest BCUT2D eigenvalue weighted by atomic mass is 35.5. The maximum absolute atomic E-state index is 13.8. The Morgan fingerprint density at radius 2 is 1.52 bits per heavy atom. The average Bonchev–Trinajstić information content (AvgIpc) is 3.55. The molecule has 1 aliphatic rings. The SMILES string of the molecule is CN(Cc1ccccc1)C(=O)[C@H](Cc1ccc(-c2ccccc2)cc1)NC(=O)[C@@H]1CCCN1C(=S)NCc1ccccc1Cl. The molecule has 2 N–H and O–H groups in total. The molecule has 226 valence electrons. The first-order chi connectivity index (χ1) is 21.4. The van der Waals surface area contributed by atoms with Gasteiger partial charge in [-0.3, -0.25) is 9.59 Å². The number of amides is 2. The van der Waals surface area contributed by atoms with Crippen molar-refractivity contribution in [3.05, 3.63) is 131 Å². The zero-order valence-corrected chi connectivity index (χ0v) is 26.4. The van der Waals surface area contributed by atoms with Gasteiger partial charge in [0.15, 0.2) is 5.11 Å².